The summed E-state index contributed by atoms with van der Waals surface area (Å²) in [5.41, 5.74) is 0.913. The highest BCUT2D eigenvalue weighted by Crippen LogP contribution is 2.36. The number of benzene rings is 1. The van der Waals surface area contributed by atoms with Crippen molar-refractivity contribution < 1.29 is 17.9 Å². The highest BCUT2D eigenvalue weighted by Gasteiger charge is 2.39. The minimum absolute atomic E-state index is 0.0146. The van der Waals surface area contributed by atoms with Crippen LogP contribution in [0.1, 0.15) is 38.7 Å². The molecule has 1 aromatic carbocycles. The third kappa shape index (κ3) is 5.22. The second-order valence-electron chi connectivity index (χ2n) is 8.04. The van der Waals surface area contributed by atoms with E-state index in [2.05, 4.69) is 17.5 Å². The van der Waals surface area contributed by atoms with Crippen molar-refractivity contribution in [3.8, 4) is 5.75 Å². The van der Waals surface area contributed by atoms with Crippen molar-refractivity contribution in [3.63, 3.8) is 0 Å². The topological polar surface area (TPSA) is 79.0 Å². The zero-order valence-electron chi connectivity index (χ0n) is 18.0. The Morgan fingerprint density at radius 3 is 2.53 bits per heavy atom. The number of hydrogen-bond donors (Lipinski definition) is 1. The fourth-order valence-electron chi connectivity index (χ4n) is 4.19. The van der Waals surface area contributed by atoms with E-state index in [1.54, 1.807) is 4.31 Å². The number of carbonyl (C=O) groups is 1. The monoisotopic (exact) mass is 435 g/mol. The molecule has 1 fully saturated rings. The van der Waals surface area contributed by atoms with Crippen LogP contribution in [0.15, 0.2) is 36.4 Å². The van der Waals surface area contributed by atoms with Crippen LogP contribution in [0.25, 0.3) is 0 Å². The minimum Gasteiger partial charge on any atom is -0.483 e. The van der Waals surface area contributed by atoms with Crippen molar-refractivity contribution in [2.24, 2.45) is 5.41 Å². The molecule has 0 aliphatic carbocycles. The van der Waals surface area contributed by atoms with Gasteiger partial charge in [0.25, 0.3) is 16.1 Å². The van der Waals surface area contributed by atoms with Crippen LogP contribution >= 0.6 is 0 Å². The molecule has 0 saturated carbocycles. The number of para-hydroxylation sites is 1. The standard InChI is InChI=1S/C22H33N3O4S/c1-3-24(4-2)30(27,28)25-15-13-22(14-16-25)12-8-7-10-19-9-5-6-11-20(19)29-17-21(26)23-18-22/h5-9,11H,3-4,10,12-18H2,1-2H3,(H,23,26)/b8-7+. The predicted octanol–water partition coefficient (Wildman–Crippen LogP) is 2.35. The third-order valence-corrected chi connectivity index (χ3v) is 8.37. The Labute approximate surface area is 180 Å². The van der Waals surface area contributed by atoms with Crippen molar-refractivity contribution in [3.05, 3.63) is 42.0 Å². The van der Waals surface area contributed by atoms with E-state index in [9.17, 15) is 13.2 Å². The molecule has 1 amide bonds. The Balaban J connectivity index is 1.72. The summed E-state index contributed by atoms with van der Waals surface area (Å²) in [5, 5.41) is 3.01. The van der Waals surface area contributed by atoms with Gasteiger partial charge in [0.05, 0.1) is 0 Å². The van der Waals surface area contributed by atoms with Crippen molar-refractivity contribution in [2.45, 2.75) is 39.5 Å². The first-order valence-electron chi connectivity index (χ1n) is 10.8. The molecule has 3 rings (SSSR count). The smallest absolute Gasteiger partial charge is 0.281 e. The summed E-state index contributed by atoms with van der Waals surface area (Å²) in [7, 11) is -3.42. The quantitative estimate of drug-likeness (QED) is 0.737. The van der Waals surface area contributed by atoms with Crippen LogP contribution < -0.4 is 10.1 Å². The Bertz CT molecular complexity index is 857. The molecular formula is C22H33N3O4S. The number of ether oxygens (including phenoxy) is 1. The van der Waals surface area contributed by atoms with E-state index in [0.717, 1.165) is 37.0 Å². The molecule has 0 bridgehead atoms. The summed E-state index contributed by atoms with van der Waals surface area (Å²) >= 11 is 0. The van der Waals surface area contributed by atoms with Gasteiger partial charge in [-0.2, -0.15) is 17.0 Å². The number of nitrogens with zero attached hydrogens (tertiary/aromatic N) is 2. The fraction of sp³-hybridized carbons (Fsp3) is 0.591. The number of carbonyl (C=O) groups excluding carboxylic acids is 1. The van der Waals surface area contributed by atoms with Gasteiger partial charge in [0.1, 0.15) is 5.75 Å². The maximum absolute atomic E-state index is 12.8. The molecule has 0 aromatic heterocycles. The molecular weight excluding hydrogens is 402 g/mol. The molecule has 166 valence electrons. The van der Waals surface area contributed by atoms with E-state index in [-0.39, 0.29) is 17.9 Å². The average molecular weight is 436 g/mol. The van der Waals surface area contributed by atoms with Crippen molar-refractivity contribution in [1.82, 2.24) is 13.9 Å². The van der Waals surface area contributed by atoms with Crippen molar-refractivity contribution >= 4 is 16.1 Å². The summed E-state index contributed by atoms with van der Waals surface area (Å²) in [6, 6.07) is 7.77. The van der Waals surface area contributed by atoms with Gasteiger partial charge in [-0.1, -0.05) is 44.2 Å². The molecule has 8 heteroatoms. The largest absolute Gasteiger partial charge is 0.483 e. The van der Waals surface area contributed by atoms with E-state index in [1.807, 2.05) is 38.1 Å². The van der Waals surface area contributed by atoms with Gasteiger partial charge in [0.15, 0.2) is 6.61 Å². The Hall–Kier alpha value is -1.90. The van der Waals surface area contributed by atoms with Crippen molar-refractivity contribution in [1.29, 1.82) is 0 Å². The lowest BCUT2D eigenvalue weighted by atomic mass is 9.76. The average Bonchev–Trinajstić information content (AvgIpc) is 2.75. The zero-order chi connectivity index (χ0) is 21.6. The first-order valence-corrected chi connectivity index (χ1v) is 12.2. The first kappa shape index (κ1) is 22.8. The summed E-state index contributed by atoms with van der Waals surface area (Å²) in [6.07, 6.45) is 7.31. The summed E-state index contributed by atoms with van der Waals surface area (Å²) in [5.74, 6) is 0.592. The Morgan fingerprint density at radius 1 is 1.13 bits per heavy atom. The number of allylic oxidation sites excluding steroid dienone is 2. The van der Waals surface area contributed by atoms with Crippen LogP contribution in [0.3, 0.4) is 0 Å². The lowest BCUT2D eigenvalue weighted by Crippen LogP contribution is -2.51. The van der Waals surface area contributed by atoms with Crippen LogP contribution in [0.5, 0.6) is 5.75 Å². The molecule has 1 N–H and O–H groups in total. The summed E-state index contributed by atoms with van der Waals surface area (Å²) < 4.78 is 34.5. The fourth-order valence-corrected chi connectivity index (χ4v) is 5.82. The highest BCUT2D eigenvalue weighted by atomic mass is 32.2. The van der Waals surface area contributed by atoms with Gasteiger partial charge in [-0.3, -0.25) is 4.79 Å². The van der Waals surface area contributed by atoms with Crippen LogP contribution in [0.2, 0.25) is 0 Å². The molecule has 0 unspecified atom stereocenters. The number of rotatable bonds is 4. The number of fused-ring (bicyclic) bond motifs is 1. The van der Waals surface area contributed by atoms with E-state index in [0.29, 0.717) is 32.7 Å². The minimum atomic E-state index is -3.42. The van der Waals surface area contributed by atoms with E-state index in [1.165, 1.54) is 4.31 Å². The molecule has 1 spiro atoms. The summed E-state index contributed by atoms with van der Waals surface area (Å²) in [6.45, 7) is 6.13. The molecule has 30 heavy (non-hydrogen) atoms. The molecule has 7 nitrogen and oxygen atoms in total. The van der Waals surface area contributed by atoms with E-state index < -0.39 is 10.2 Å². The molecule has 0 atom stereocenters. The molecule has 0 radical (unpaired) electrons. The Kier molecular flexibility index (Phi) is 7.55. The predicted molar refractivity (Wildman–Crippen MR) is 117 cm³/mol. The molecule has 1 saturated heterocycles. The lowest BCUT2D eigenvalue weighted by Gasteiger charge is -2.42. The van der Waals surface area contributed by atoms with Gasteiger partial charge in [-0.05, 0) is 42.7 Å². The number of piperidine rings is 1. The second-order valence-corrected chi connectivity index (χ2v) is 9.97. The van der Waals surface area contributed by atoms with Crippen molar-refractivity contribution in [2.75, 3.05) is 39.3 Å². The maximum Gasteiger partial charge on any atom is 0.281 e. The number of nitrogens with one attached hydrogen (secondary N) is 1. The normalized spacial score (nSPS) is 21.8. The SMILES string of the molecule is CCN(CC)S(=O)(=O)N1CCC2(C/C=C/Cc3ccccc3OCC(=O)NC2)CC1. The highest BCUT2D eigenvalue weighted by molar-refractivity contribution is 7.86. The van der Waals surface area contributed by atoms with Gasteiger partial charge >= 0.3 is 0 Å². The zero-order valence-corrected chi connectivity index (χ0v) is 18.8. The second kappa shape index (κ2) is 9.94. The third-order valence-electron chi connectivity index (χ3n) is 6.19. The van der Waals surface area contributed by atoms with Crippen LogP contribution in [-0.2, 0) is 21.4 Å². The molecule has 1 aromatic rings. The number of hydrogen-bond acceptors (Lipinski definition) is 4. The molecule has 2 heterocycles. The van der Waals surface area contributed by atoms with Gasteiger partial charge < -0.3 is 10.1 Å². The molecule has 2 aliphatic rings. The van der Waals surface area contributed by atoms with E-state index in [4.69, 9.17) is 4.74 Å². The van der Waals surface area contributed by atoms with Crippen LogP contribution in [-0.4, -0.2) is 62.3 Å². The first-order chi connectivity index (χ1) is 14.4. The molecule has 2 aliphatic heterocycles. The maximum atomic E-state index is 12.8. The van der Waals surface area contributed by atoms with Gasteiger partial charge in [0.2, 0.25) is 0 Å². The van der Waals surface area contributed by atoms with Gasteiger partial charge in [-0.25, -0.2) is 0 Å². The number of amides is 1. The van der Waals surface area contributed by atoms with E-state index >= 15 is 0 Å². The summed E-state index contributed by atoms with van der Waals surface area (Å²) in [4.78, 5) is 12.4. The van der Waals surface area contributed by atoms with Crippen LogP contribution in [0, 0.1) is 5.41 Å². The van der Waals surface area contributed by atoms with Gasteiger partial charge in [0, 0.05) is 32.7 Å². The Morgan fingerprint density at radius 2 is 1.83 bits per heavy atom. The van der Waals surface area contributed by atoms with Crippen LogP contribution in [0.4, 0.5) is 0 Å². The lowest BCUT2D eigenvalue weighted by molar-refractivity contribution is -0.123. The van der Waals surface area contributed by atoms with Gasteiger partial charge in [-0.15, -0.1) is 0 Å².